The van der Waals surface area contributed by atoms with Crippen LogP contribution >= 0.6 is 0 Å². The van der Waals surface area contributed by atoms with Gasteiger partial charge in [0.15, 0.2) is 0 Å². The molecular formula is C18H17N3O3. The molecule has 0 aliphatic heterocycles. The van der Waals surface area contributed by atoms with Crippen LogP contribution in [0.3, 0.4) is 0 Å². The highest BCUT2D eigenvalue weighted by atomic mass is 16.5. The summed E-state index contributed by atoms with van der Waals surface area (Å²) in [5, 5.41) is 11.4. The number of nitriles is 1. The molecule has 0 atom stereocenters. The third-order valence-electron chi connectivity index (χ3n) is 3.30. The first-order chi connectivity index (χ1) is 11.6. The number of rotatable bonds is 5. The van der Waals surface area contributed by atoms with Gasteiger partial charge in [0.2, 0.25) is 5.91 Å². The zero-order valence-corrected chi connectivity index (χ0v) is 13.2. The lowest BCUT2D eigenvalue weighted by molar-refractivity contribution is -0.127. The van der Waals surface area contributed by atoms with Crippen LogP contribution in [0.1, 0.15) is 12.0 Å². The van der Waals surface area contributed by atoms with Crippen molar-refractivity contribution >= 4 is 17.6 Å². The zero-order chi connectivity index (χ0) is 17.4. The highest BCUT2D eigenvalue weighted by Crippen LogP contribution is 2.16. The molecule has 2 rings (SSSR count). The maximum absolute atomic E-state index is 12.4. The number of benzene rings is 2. The number of nitrogens with one attached hydrogen (secondary N) is 1. The summed E-state index contributed by atoms with van der Waals surface area (Å²) >= 11 is 0. The van der Waals surface area contributed by atoms with E-state index in [0.717, 1.165) is 10.5 Å². The molecule has 0 saturated carbocycles. The molecule has 122 valence electrons. The van der Waals surface area contributed by atoms with Crippen LogP contribution < -0.4 is 10.1 Å². The second-order valence-electron chi connectivity index (χ2n) is 4.96. The maximum atomic E-state index is 12.4. The van der Waals surface area contributed by atoms with Gasteiger partial charge in [0.25, 0.3) is 0 Å². The van der Waals surface area contributed by atoms with Gasteiger partial charge in [-0.2, -0.15) is 5.26 Å². The molecule has 2 aromatic rings. The number of carbonyl (C=O) groups excluding carboxylic acids is 2. The number of methoxy groups -OCH3 is 1. The quantitative estimate of drug-likeness (QED) is 0.916. The molecule has 0 aliphatic carbocycles. The van der Waals surface area contributed by atoms with E-state index >= 15 is 0 Å². The smallest absolute Gasteiger partial charge is 0.328 e. The molecule has 0 aromatic heterocycles. The summed E-state index contributed by atoms with van der Waals surface area (Å²) in [5.41, 5.74) is 1.33. The molecule has 0 aliphatic rings. The van der Waals surface area contributed by atoms with Crippen LogP contribution in [0, 0.1) is 11.3 Å². The van der Waals surface area contributed by atoms with E-state index in [2.05, 4.69) is 5.32 Å². The van der Waals surface area contributed by atoms with Crippen molar-refractivity contribution in [2.75, 3.05) is 12.4 Å². The first-order valence-corrected chi connectivity index (χ1v) is 7.30. The topological polar surface area (TPSA) is 82.4 Å². The predicted octanol–water partition coefficient (Wildman–Crippen LogP) is 3.17. The van der Waals surface area contributed by atoms with Crippen LogP contribution in [-0.4, -0.2) is 23.9 Å². The van der Waals surface area contributed by atoms with Gasteiger partial charge >= 0.3 is 6.03 Å². The van der Waals surface area contributed by atoms with E-state index in [0.29, 0.717) is 11.4 Å². The van der Waals surface area contributed by atoms with E-state index in [-0.39, 0.29) is 13.0 Å². The van der Waals surface area contributed by atoms with E-state index in [1.54, 1.807) is 37.4 Å². The summed E-state index contributed by atoms with van der Waals surface area (Å²) < 4.78 is 5.06. The van der Waals surface area contributed by atoms with Crippen molar-refractivity contribution in [3.8, 4) is 11.8 Å². The zero-order valence-electron chi connectivity index (χ0n) is 13.2. The Labute approximate surface area is 140 Å². The van der Waals surface area contributed by atoms with Gasteiger partial charge in [0, 0.05) is 5.69 Å². The van der Waals surface area contributed by atoms with Crippen molar-refractivity contribution in [3.05, 3.63) is 60.2 Å². The highest BCUT2D eigenvalue weighted by Gasteiger charge is 2.21. The summed E-state index contributed by atoms with van der Waals surface area (Å²) in [4.78, 5) is 25.6. The molecule has 2 aromatic carbocycles. The molecule has 0 heterocycles. The number of anilines is 1. The van der Waals surface area contributed by atoms with Gasteiger partial charge in [0.05, 0.1) is 19.7 Å². The standard InChI is InChI=1S/C18H17N3O3/c1-24-16-9-7-15(8-10-16)20-18(23)21(17(22)11-12-19)13-14-5-3-2-4-6-14/h2-10H,11,13H2,1H3,(H,20,23). The molecule has 6 nitrogen and oxygen atoms in total. The Morgan fingerprint density at radius 2 is 1.79 bits per heavy atom. The fraction of sp³-hybridized carbons (Fsp3) is 0.167. The number of carbonyl (C=O) groups is 2. The average Bonchev–Trinajstić information content (AvgIpc) is 2.61. The van der Waals surface area contributed by atoms with Crippen LogP contribution in [0.5, 0.6) is 5.75 Å². The Balaban J connectivity index is 2.14. The average molecular weight is 323 g/mol. The Morgan fingerprint density at radius 3 is 2.38 bits per heavy atom. The Hall–Kier alpha value is -3.33. The van der Waals surface area contributed by atoms with E-state index in [4.69, 9.17) is 10.00 Å². The Bertz CT molecular complexity index is 736. The van der Waals surface area contributed by atoms with Crippen molar-refractivity contribution in [2.24, 2.45) is 0 Å². The SMILES string of the molecule is COc1ccc(NC(=O)N(Cc2ccccc2)C(=O)CC#N)cc1. The van der Waals surface area contributed by atoms with E-state index in [1.807, 2.05) is 30.3 Å². The monoisotopic (exact) mass is 323 g/mol. The Morgan fingerprint density at radius 1 is 1.12 bits per heavy atom. The second kappa shape index (κ2) is 8.34. The van der Waals surface area contributed by atoms with Gasteiger partial charge in [-0.3, -0.25) is 9.69 Å². The van der Waals surface area contributed by atoms with Crippen molar-refractivity contribution in [1.29, 1.82) is 5.26 Å². The van der Waals surface area contributed by atoms with Gasteiger partial charge in [-0.05, 0) is 29.8 Å². The molecule has 0 saturated heterocycles. The molecule has 6 heteroatoms. The fourth-order valence-electron chi connectivity index (χ4n) is 2.07. The molecular weight excluding hydrogens is 306 g/mol. The second-order valence-corrected chi connectivity index (χ2v) is 4.96. The van der Waals surface area contributed by atoms with Gasteiger partial charge in [0.1, 0.15) is 12.2 Å². The third-order valence-corrected chi connectivity index (χ3v) is 3.30. The molecule has 3 amide bonds. The van der Waals surface area contributed by atoms with Crippen LogP contribution in [0.15, 0.2) is 54.6 Å². The lowest BCUT2D eigenvalue weighted by Crippen LogP contribution is -2.39. The highest BCUT2D eigenvalue weighted by molar-refractivity contribution is 6.01. The van der Waals surface area contributed by atoms with Gasteiger partial charge in [-0.25, -0.2) is 4.79 Å². The van der Waals surface area contributed by atoms with Crippen LogP contribution in [0.4, 0.5) is 10.5 Å². The summed E-state index contributed by atoms with van der Waals surface area (Å²) in [6.45, 7) is 0.101. The summed E-state index contributed by atoms with van der Waals surface area (Å²) in [6.07, 6.45) is -0.358. The Kier molecular flexibility index (Phi) is 5.92. The van der Waals surface area contributed by atoms with Crippen molar-refractivity contribution in [3.63, 3.8) is 0 Å². The summed E-state index contributed by atoms with van der Waals surface area (Å²) in [6, 6.07) is 17.1. The van der Waals surface area contributed by atoms with E-state index < -0.39 is 11.9 Å². The lowest BCUT2D eigenvalue weighted by atomic mass is 10.2. The number of hydrogen-bond acceptors (Lipinski definition) is 4. The molecule has 24 heavy (non-hydrogen) atoms. The minimum atomic E-state index is -0.579. The van der Waals surface area contributed by atoms with Gasteiger partial charge in [-0.15, -0.1) is 0 Å². The molecule has 1 N–H and O–H groups in total. The van der Waals surface area contributed by atoms with Crippen LogP contribution in [0.25, 0.3) is 0 Å². The minimum Gasteiger partial charge on any atom is -0.497 e. The third kappa shape index (κ3) is 4.58. The first-order valence-electron chi connectivity index (χ1n) is 7.30. The van der Waals surface area contributed by atoms with Crippen molar-refractivity contribution < 1.29 is 14.3 Å². The summed E-state index contributed by atoms with van der Waals surface area (Å²) in [7, 11) is 1.55. The molecule has 0 fully saturated rings. The largest absolute Gasteiger partial charge is 0.497 e. The summed E-state index contributed by atoms with van der Waals surface area (Å²) in [5.74, 6) is 0.113. The number of amides is 3. The number of hydrogen-bond donors (Lipinski definition) is 1. The number of urea groups is 1. The number of imide groups is 1. The predicted molar refractivity (Wildman–Crippen MR) is 89.2 cm³/mol. The van der Waals surface area contributed by atoms with Gasteiger partial charge < -0.3 is 10.1 Å². The van der Waals surface area contributed by atoms with Crippen molar-refractivity contribution in [1.82, 2.24) is 4.90 Å². The van der Waals surface area contributed by atoms with E-state index in [9.17, 15) is 9.59 Å². The molecule has 0 unspecified atom stereocenters. The molecule has 0 bridgehead atoms. The number of ether oxygens (including phenoxy) is 1. The fourth-order valence-corrected chi connectivity index (χ4v) is 2.07. The normalized spacial score (nSPS) is 9.67. The van der Waals surface area contributed by atoms with Crippen LogP contribution in [-0.2, 0) is 11.3 Å². The first kappa shape index (κ1) is 17.0. The minimum absolute atomic E-state index is 0.101. The van der Waals surface area contributed by atoms with Gasteiger partial charge in [-0.1, -0.05) is 30.3 Å². The maximum Gasteiger partial charge on any atom is 0.328 e. The lowest BCUT2D eigenvalue weighted by Gasteiger charge is -2.20. The molecule has 0 radical (unpaired) electrons. The van der Waals surface area contributed by atoms with E-state index in [1.165, 1.54) is 0 Å². The number of nitrogens with zero attached hydrogens (tertiary/aromatic N) is 2. The van der Waals surface area contributed by atoms with Crippen molar-refractivity contribution in [2.45, 2.75) is 13.0 Å². The van der Waals surface area contributed by atoms with Crippen LogP contribution in [0.2, 0.25) is 0 Å². The molecule has 0 spiro atoms.